The van der Waals surface area contributed by atoms with Gasteiger partial charge >= 0.3 is 12.1 Å². The average Bonchev–Trinajstić information content (AvgIpc) is 3.22. The molecule has 1 saturated carbocycles. The number of carbonyl (C=O) groups is 1. The summed E-state index contributed by atoms with van der Waals surface area (Å²) in [6.07, 6.45) is 5.71. The number of aromatic nitrogens is 2. The van der Waals surface area contributed by atoms with Gasteiger partial charge in [0.1, 0.15) is 22.9 Å². The van der Waals surface area contributed by atoms with Gasteiger partial charge in [0.15, 0.2) is 0 Å². The summed E-state index contributed by atoms with van der Waals surface area (Å²) in [6, 6.07) is 10.3. The molecule has 2 aromatic heterocycles. The van der Waals surface area contributed by atoms with Crippen LogP contribution in [0.15, 0.2) is 41.4 Å². The van der Waals surface area contributed by atoms with E-state index in [1.807, 2.05) is 30.1 Å². The molecule has 0 bridgehead atoms. The second-order valence-electron chi connectivity index (χ2n) is 8.71. The first kappa shape index (κ1) is 29.0. The lowest BCUT2D eigenvalue weighted by Crippen LogP contribution is -2.21. The number of halogens is 4. The summed E-state index contributed by atoms with van der Waals surface area (Å²) in [5.74, 6) is -0.811. The number of hydrogen-bond donors (Lipinski definition) is 2. The number of benzene rings is 1. The molecule has 202 valence electrons. The highest BCUT2D eigenvalue weighted by atomic mass is 35.5. The Morgan fingerprint density at radius 2 is 1.95 bits per heavy atom. The van der Waals surface area contributed by atoms with Crippen molar-refractivity contribution in [2.24, 2.45) is 0 Å². The fourth-order valence-corrected chi connectivity index (χ4v) is 5.60. The molecule has 0 radical (unpaired) electrons. The predicted octanol–water partition coefficient (Wildman–Crippen LogP) is 7.93. The monoisotopic (exact) mass is 557 g/mol. The van der Waals surface area contributed by atoms with Crippen LogP contribution in [0.3, 0.4) is 0 Å². The molecule has 2 heterocycles. The SMILES string of the molecule is CCCCNc1c(-c2ccc(OC)c(SC3CCCCC3)c2)nc2ccc(Cl)cn12.O=C(O)C(F)(F)F. The zero-order valence-corrected chi connectivity index (χ0v) is 22.3. The molecule has 37 heavy (non-hydrogen) atoms. The van der Waals surface area contributed by atoms with E-state index in [0.29, 0.717) is 10.3 Å². The number of thioether (sulfide) groups is 1. The number of anilines is 1. The quantitative estimate of drug-likeness (QED) is 0.274. The van der Waals surface area contributed by atoms with E-state index in [4.69, 9.17) is 31.2 Å². The molecule has 1 aliphatic carbocycles. The van der Waals surface area contributed by atoms with Gasteiger partial charge in [-0.25, -0.2) is 9.78 Å². The van der Waals surface area contributed by atoms with Crippen molar-refractivity contribution >= 4 is 40.8 Å². The van der Waals surface area contributed by atoms with Gasteiger partial charge in [-0.15, -0.1) is 11.8 Å². The van der Waals surface area contributed by atoms with Crippen LogP contribution in [0.2, 0.25) is 5.02 Å². The minimum Gasteiger partial charge on any atom is -0.496 e. The molecule has 4 rings (SSSR count). The summed E-state index contributed by atoms with van der Waals surface area (Å²) >= 11 is 8.24. The number of fused-ring (bicyclic) bond motifs is 1. The number of nitrogens with zero attached hydrogens (tertiary/aromatic N) is 2. The van der Waals surface area contributed by atoms with Gasteiger partial charge in [0, 0.05) is 23.6 Å². The van der Waals surface area contributed by atoms with Crippen molar-refractivity contribution in [3.05, 3.63) is 41.6 Å². The van der Waals surface area contributed by atoms with Crippen molar-refractivity contribution in [2.45, 2.75) is 68.2 Å². The fourth-order valence-electron chi connectivity index (χ4n) is 4.05. The smallest absolute Gasteiger partial charge is 0.490 e. The number of aliphatic carboxylic acids is 1. The molecule has 0 unspecified atom stereocenters. The van der Waals surface area contributed by atoms with E-state index in [9.17, 15) is 13.2 Å². The van der Waals surface area contributed by atoms with Crippen molar-refractivity contribution in [1.82, 2.24) is 9.38 Å². The lowest BCUT2D eigenvalue weighted by atomic mass is 10.0. The molecule has 0 saturated heterocycles. The highest BCUT2D eigenvalue weighted by Gasteiger charge is 2.38. The molecule has 2 N–H and O–H groups in total. The van der Waals surface area contributed by atoms with Gasteiger partial charge in [-0.1, -0.05) is 44.2 Å². The van der Waals surface area contributed by atoms with Crippen molar-refractivity contribution in [3.8, 4) is 17.0 Å². The second-order valence-corrected chi connectivity index (χ2v) is 10.5. The minimum atomic E-state index is -5.08. The van der Waals surface area contributed by atoms with Crippen LogP contribution in [-0.2, 0) is 4.79 Å². The molecule has 0 aliphatic heterocycles. The zero-order valence-electron chi connectivity index (χ0n) is 20.8. The predicted molar refractivity (Wildman–Crippen MR) is 142 cm³/mol. The molecule has 6 nitrogen and oxygen atoms in total. The van der Waals surface area contributed by atoms with Crippen molar-refractivity contribution in [3.63, 3.8) is 0 Å². The largest absolute Gasteiger partial charge is 0.496 e. The molecule has 1 aromatic carbocycles. The van der Waals surface area contributed by atoms with Gasteiger partial charge < -0.3 is 15.2 Å². The number of alkyl halides is 3. The first-order chi connectivity index (χ1) is 17.6. The maximum absolute atomic E-state index is 10.6. The molecule has 1 aliphatic rings. The van der Waals surface area contributed by atoms with Crippen LogP contribution in [0.1, 0.15) is 51.9 Å². The van der Waals surface area contributed by atoms with Crippen LogP contribution in [0.4, 0.5) is 19.0 Å². The van der Waals surface area contributed by atoms with E-state index in [0.717, 1.165) is 47.9 Å². The number of ether oxygens (including phenoxy) is 1. The molecule has 0 amide bonds. The molecule has 11 heteroatoms. The zero-order chi connectivity index (χ0) is 27.0. The minimum absolute atomic E-state index is 0.671. The van der Waals surface area contributed by atoms with Crippen LogP contribution >= 0.6 is 23.4 Å². The van der Waals surface area contributed by atoms with Crippen molar-refractivity contribution < 1.29 is 27.8 Å². The van der Waals surface area contributed by atoms with Gasteiger partial charge in [-0.2, -0.15) is 13.2 Å². The van der Waals surface area contributed by atoms with Gasteiger partial charge in [-0.3, -0.25) is 4.40 Å². The maximum atomic E-state index is 10.6. The Hall–Kier alpha value is -2.59. The van der Waals surface area contributed by atoms with Crippen LogP contribution in [0.25, 0.3) is 16.9 Å². The Balaban J connectivity index is 0.000000479. The molecule has 0 spiro atoms. The van der Waals surface area contributed by atoms with Crippen molar-refractivity contribution in [1.29, 1.82) is 0 Å². The first-order valence-corrected chi connectivity index (χ1v) is 13.5. The standard InChI is InChI=1S/C24H30ClN3OS.C2HF3O2/c1-3-4-14-26-24-23(27-22-13-11-18(25)16-28(22)24)17-10-12-20(29-2)21(15-17)30-19-8-6-5-7-9-19;3-2(4,5)1(6)7/h10-13,15-16,19,26H,3-9,14H2,1-2H3;(H,6,7). The first-order valence-electron chi connectivity index (χ1n) is 12.2. The third kappa shape index (κ3) is 7.95. The molecule has 1 fully saturated rings. The van der Waals surface area contributed by atoms with Crippen LogP contribution < -0.4 is 10.1 Å². The Kier molecular flexibility index (Phi) is 10.4. The van der Waals surface area contributed by atoms with E-state index in [-0.39, 0.29) is 0 Å². The van der Waals surface area contributed by atoms with Crippen LogP contribution in [0.5, 0.6) is 5.75 Å². The Bertz CT molecular complexity index is 1200. The maximum Gasteiger partial charge on any atom is 0.490 e. The number of imidazole rings is 1. The lowest BCUT2D eigenvalue weighted by Gasteiger charge is -2.22. The highest BCUT2D eigenvalue weighted by molar-refractivity contribution is 8.00. The van der Waals surface area contributed by atoms with E-state index >= 15 is 0 Å². The third-order valence-corrected chi connectivity index (χ3v) is 7.53. The van der Waals surface area contributed by atoms with Gasteiger partial charge in [-0.05, 0) is 49.6 Å². The van der Waals surface area contributed by atoms with E-state index in [1.54, 1.807) is 7.11 Å². The highest BCUT2D eigenvalue weighted by Crippen LogP contribution is 2.41. The fraction of sp³-hybridized carbons (Fsp3) is 0.462. The molecular formula is C26H31ClF3N3O3S. The van der Waals surface area contributed by atoms with Gasteiger partial charge in [0.05, 0.1) is 17.0 Å². The number of carboxylic acid groups (broad SMARTS) is 1. The summed E-state index contributed by atoms with van der Waals surface area (Å²) in [5.41, 5.74) is 2.96. The summed E-state index contributed by atoms with van der Waals surface area (Å²) in [5, 5.41) is 12.1. The van der Waals surface area contributed by atoms with E-state index in [1.165, 1.54) is 37.0 Å². The number of nitrogens with one attached hydrogen (secondary N) is 1. The Morgan fingerprint density at radius 3 is 2.57 bits per heavy atom. The molecule has 0 atom stereocenters. The average molecular weight is 558 g/mol. The number of methoxy groups -OCH3 is 1. The number of pyridine rings is 1. The van der Waals surface area contributed by atoms with Crippen LogP contribution in [0, 0.1) is 0 Å². The van der Waals surface area contributed by atoms with E-state index in [2.05, 4.69) is 34.8 Å². The topological polar surface area (TPSA) is 75.9 Å². The summed E-state index contributed by atoms with van der Waals surface area (Å²) in [4.78, 5) is 15.0. The molecule has 3 aromatic rings. The third-order valence-electron chi connectivity index (χ3n) is 5.93. The van der Waals surface area contributed by atoms with Crippen molar-refractivity contribution in [2.75, 3.05) is 19.0 Å². The van der Waals surface area contributed by atoms with E-state index < -0.39 is 12.1 Å². The number of unbranched alkanes of at least 4 members (excludes halogenated alkanes) is 1. The normalized spacial score (nSPS) is 14.2. The Labute approximate surface area is 223 Å². The number of carboxylic acids is 1. The van der Waals surface area contributed by atoms with Gasteiger partial charge in [0.2, 0.25) is 0 Å². The number of hydrogen-bond acceptors (Lipinski definition) is 5. The lowest BCUT2D eigenvalue weighted by molar-refractivity contribution is -0.192. The summed E-state index contributed by atoms with van der Waals surface area (Å²) in [7, 11) is 1.75. The van der Waals surface area contributed by atoms with Gasteiger partial charge in [0.25, 0.3) is 0 Å². The molecular weight excluding hydrogens is 527 g/mol. The Morgan fingerprint density at radius 1 is 1.24 bits per heavy atom. The second kappa shape index (κ2) is 13.3. The summed E-state index contributed by atoms with van der Waals surface area (Å²) in [6.45, 7) is 3.11. The summed E-state index contributed by atoms with van der Waals surface area (Å²) < 4.78 is 39.5. The van der Waals surface area contributed by atoms with Crippen LogP contribution in [-0.4, -0.2) is 45.5 Å². The number of rotatable bonds is 8.